The van der Waals surface area contributed by atoms with Crippen LogP contribution in [0, 0.1) is 5.41 Å². The van der Waals surface area contributed by atoms with Crippen LogP contribution in [-0.4, -0.2) is 29.3 Å². The van der Waals surface area contributed by atoms with Gasteiger partial charge in [0.1, 0.15) is 0 Å². The summed E-state index contributed by atoms with van der Waals surface area (Å²) in [6, 6.07) is 4.77. The van der Waals surface area contributed by atoms with Crippen molar-refractivity contribution in [1.29, 1.82) is 0 Å². The monoisotopic (exact) mass is 271 g/mol. The number of benzene rings is 1. The molecule has 4 nitrogen and oxygen atoms in total. The number of rotatable bonds is 6. The van der Waals surface area contributed by atoms with Crippen LogP contribution in [0.1, 0.15) is 30.6 Å². The number of anilines is 1. The van der Waals surface area contributed by atoms with Gasteiger partial charge >= 0.3 is 5.97 Å². The molecule has 18 heavy (non-hydrogen) atoms. The van der Waals surface area contributed by atoms with Crippen LogP contribution in [0.5, 0.6) is 0 Å². The van der Waals surface area contributed by atoms with Crippen molar-refractivity contribution in [2.45, 2.75) is 20.3 Å². The van der Waals surface area contributed by atoms with Crippen molar-refractivity contribution in [3.8, 4) is 0 Å². The van der Waals surface area contributed by atoms with E-state index in [0.717, 1.165) is 6.42 Å². The highest BCUT2D eigenvalue weighted by Gasteiger charge is 2.20. The second-order valence-electron chi connectivity index (χ2n) is 4.68. The Morgan fingerprint density at radius 1 is 1.50 bits per heavy atom. The van der Waals surface area contributed by atoms with E-state index in [-0.39, 0.29) is 22.6 Å². The van der Waals surface area contributed by atoms with Crippen LogP contribution in [0.25, 0.3) is 0 Å². The number of aliphatic hydroxyl groups is 1. The molecule has 0 aliphatic rings. The number of hydrogen-bond acceptors (Lipinski definition) is 3. The minimum atomic E-state index is -1.05. The lowest BCUT2D eigenvalue weighted by atomic mass is 9.88. The molecule has 5 heteroatoms. The number of aliphatic hydroxyl groups excluding tert-OH is 1. The molecule has 0 saturated heterocycles. The minimum Gasteiger partial charge on any atom is -0.478 e. The van der Waals surface area contributed by atoms with Gasteiger partial charge in [-0.2, -0.15) is 0 Å². The first kappa shape index (κ1) is 14.8. The highest BCUT2D eigenvalue weighted by atomic mass is 35.5. The Labute approximate surface area is 112 Å². The molecule has 0 aliphatic heterocycles. The van der Waals surface area contributed by atoms with Crippen molar-refractivity contribution in [1.82, 2.24) is 0 Å². The van der Waals surface area contributed by atoms with Gasteiger partial charge in [-0.15, -0.1) is 0 Å². The molecule has 1 aromatic rings. The van der Waals surface area contributed by atoms with E-state index in [4.69, 9.17) is 16.7 Å². The Kier molecular flexibility index (Phi) is 4.99. The summed E-state index contributed by atoms with van der Waals surface area (Å²) in [6.07, 6.45) is 0.829. The van der Waals surface area contributed by atoms with Crippen LogP contribution < -0.4 is 5.32 Å². The average molecular weight is 272 g/mol. The summed E-state index contributed by atoms with van der Waals surface area (Å²) in [5.74, 6) is -1.05. The fraction of sp³-hybridized carbons (Fsp3) is 0.462. The summed E-state index contributed by atoms with van der Waals surface area (Å²) in [4.78, 5) is 10.9. The van der Waals surface area contributed by atoms with E-state index in [1.54, 1.807) is 12.1 Å². The van der Waals surface area contributed by atoms with E-state index < -0.39 is 5.97 Å². The lowest BCUT2D eigenvalue weighted by Gasteiger charge is -2.26. The lowest BCUT2D eigenvalue weighted by Crippen LogP contribution is -2.29. The minimum absolute atomic E-state index is 0.0730. The number of aromatic carboxylic acids is 1. The Bertz CT molecular complexity index is 430. The summed E-state index contributed by atoms with van der Waals surface area (Å²) in [6.45, 7) is 4.62. The Hall–Kier alpha value is -1.26. The smallest absolute Gasteiger partial charge is 0.337 e. The third kappa shape index (κ3) is 3.62. The predicted octanol–water partition coefficient (Wildman–Crippen LogP) is 2.86. The molecule has 0 fully saturated rings. The van der Waals surface area contributed by atoms with Crippen LogP contribution in [0.2, 0.25) is 5.02 Å². The van der Waals surface area contributed by atoms with Crippen LogP contribution in [0.3, 0.4) is 0 Å². The number of nitrogens with one attached hydrogen (secondary N) is 1. The fourth-order valence-electron chi connectivity index (χ4n) is 1.41. The molecule has 0 heterocycles. The predicted molar refractivity (Wildman–Crippen MR) is 72.4 cm³/mol. The summed E-state index contributed by atoms with van der Waals surface area (Å²) in [5.41, 5.74) is 0.539. The van der Waals surface area contributed by atoms with Gasteiger partial charge in [0.2, 0.25) is 0 Å². The van der Waals surface area contributed by atoms with Gasteiger partial charge in [0.25, 0.3) is 0 Å². The van der Waals surface area contributed by atoms with Crippen molar-refractivity contribution in [2.24, 2.45) is 5.41 Å². The van der Waals surface area contributed by atoms with Crippen molar-refractivity contribution < 1.29 is 15.0 Å². The second-order valence-corrected chi connectivity index (χ2v) is 5.08. The Balaban J connectivity index is 2.80. The number of hydrogen-bond donors (Lipinski definition) is 3. The Morgan fingerprint density at radius 2 is 2.17 bits per heavy atom. The first-order valence-electron chi connectivity index (χ1n) is 5.79. The van der Waals surface area contributed by atoms with Gasteiger partial charge in [-0.3, -0.25) is 0 Å². The highest BCUT2D eigenvalue weighted by molar-refractivity contribution is 6.33. The highest BCUT2D eigenvalue weighted by Crippen LogP contribution is 2.24. The zero-order valence-electron chi connectivity index (χ0n) is 10.5. The summed E-state index contributed by atoms with van der Waals surface area (Å²) < 4.78 is 0. The molecule has 0 spiro atoms. The molecule has 0 saturated carbocycles. The van der Waals surface area contributed by atoms with Crippen molar-refractivity contribution in [3.05, 3.63) is 28.8 Å². The molecular weight excluding hydrogens is 254 g/mol. The third-order valence-electron chi connectivity index (χ3n) is 3.15. The maximum absolute atomic E-state index is 10.9. The quantitative estimate of drug-likeness (QED) is 0.744. The fourth-order valence-corrected chi connectivity index (χ4v) is 1.61. The van der Waals surface area contributed by atoms with Gasteiger partial charge < -0.3 is 15.5 Å². The van der Waals surface area contributed by atoms with Gasteiger partial charge in [0.05, 0.1) is 17.2 Å². The maximum Gasteiger partial charge on any atom is 0.337 e. The van der Waals surface area contributed by atoms with E-state index in [1.807, 2.05) is 13.8 Å². The summed E-state index contributed by atoms with van der Waals surface area (Å²) in [7, 11) is 0. The molecule has 100 valence electrons. The van der Waals surface area contributed by atoms with Crippen LogP contribution in [0.4, 0.5) is 5.69 Å². The van der Waals surface area contributed by atoms with Crippen LogP contribution in [0.15, 0.2) is 18.2 Å². The molecule has 1 atom stereocenters. The zero-order valence-corrected chi connectivity index (χ0v) is 11.3. The number of carbonyl (C=O) groups is 1. The van der Waals surface area contributed by atoms with Gasteiger partial charge in [-0.1, -0.05) is 25.4 Å². The maximum atomic E-state index is 10.9. The first-order valence-corrected chi connectivity index (χ1v) is 6.17. The summed E-state index contributed by atoms with van der Waals surface area (Å²) in [5, 5.41) is 21.6. The molecule has 0 radical (unpaired) electrons. The molecule has 0 bridgehead atoms. The van der Waals surface area contributed by atoms with Crippen LogP contribution >= 0.6 is 11.6 Å². The normalized spacial score (nSPS) is 14.0. The molecule has 1 unspecified atom stereocenters. The third-order valence-corrected chi connectivity index (χ3v) is 3.48. The molecular formula is C13H18ClNO3. The SMILES string of the molecule is CCC(C)(CO)CNc1ccc(Cl)c(C(=O)O)c1. The van der Waals surface area contributed by atoms with E-state index in [2.05, 4.69) is 5.32 Å². The molecule has 0 aromatic heterocycles. The van der Waals surface area contributed by atoms with Gasteiger partial charge in [-0.25, -0.2) is 4.79 Å². The number of carboxylic acid groups (broad SMARTS) is 1. The topological polar surface area (TPSA) is 69.6 Å². The standard InChI is InChI=1S/C13H18ClNO3/c1-3-13(2,8-16)7-15-9-4-5-11(14)10(6-9)12(17)18/h4-6,15-16H,3,7-8H2,1-2H3,(H,17,18). The van der Waals surface area contributed by atoms with Crippen LogP contribution in [-0.2, 0) is 0 Å². The van der Waals surface area contributed by atoms with Gasteiger partial charge in [-0.05, 0) is 24.6 Å². The Morgan fingerprint density at radius 3 is 2.67 bits per heavy atom. The molecule has 1 rings (SSSR count). The zero-order chi connectivity index (χ0) is 13.8. The number of halogens is 1. The number of carboxylic acids is 1. The van der Waals surface area contributed by atoms with Gasteiger partial charge in [0, 0.05) is 17.6 Å². The van der Waals surface area contributed by atoms with Crippen molar-refractivity contribution in [3.63, 3.8) is 0 Å². The van der Waals surface area contributed by atoms with E-state index in [1.165, 1.54) is 6.07 Å². The van der Waals surface area contributed by atoms with Gasteiger partial charge in [0.15, 0.2) is 0 Å². The first-order chi connectivity index (χ1) is 8.41. The molecule has 0 amide bonds. The average Bonchev–Trinajstić information content (AvgIpc) is 2.37. The van der Waals surface area contributed by atoms with Crippen molar-refractivity contribution in [2.75, 3.05) is 18.5 Å². The lowest BCUT2D eigenvalue weighted by molar-refractivity contribution is 0.0697. The van der Waals surface area contributed by atoms with Crippen molar-refractivity contribution >= 4 is 23.3 Å². The molecule has 3 N–H and O–H groups in total. The summed E-state index contributed by atoms with van der Waals surface area (Å²) >= 11 is 5.79. The van der Waals surface area contributed by atoms with E-state index in [9.17, 15) is 9.90 Å². The van der Waals surface area contributed by atoms with E-state index >= 15 is 0 Å². The molecule has 0 aliphatic carbocycles. The largest absolute Gasteiger partial charge is 0.478 e. The second kappa shape index (κ2) is 6.07. The van der Waals surface area contributed by atoms with E-state index in [0.29, 0.717) is 12.2 Å². The molecule has 1 aromatic carbocycles.